The maximum Gasteiger partial charge on any atom is 0.320 e. The number of aromatic nitrogens is 8. The lowest BCUT2D eigenvalue weighted by molar-refractivity contribution is 0.0955. The van der Waals surface area contributed by atoms with Crippen molar-refractivity contribution in [3.05, 3.63) is 140 Å². The minimum absolute atomic E-state index is 0.00652. The number of hydrogen-bond acceptors (Lipinski definition) is 32. The number of rotatable bonds is 35. The van der Waals surface area contributed by atoms with Gasteiger partial charge in [0.25, 0.3) is 23.6 Å². The Labute approximate surface area is 836 Å². The summed E-state index contributed by atoms with van der Waals surface area (Å²) < 4.78 is 24.3. The highest BCUT2D eigenvalue weighted by Gasteiger charge is 2.32. The van der Waals surface area contributed by atoms with Crippen molar-refractivity contribution >= 4 is 92.9 Å². The van der Waals surface area contributed by atoms with Crippen molar-refractivity contribution in [3.63, 3.8) is 0 Å². The first-order chi connectivity index (χ1) is 66.1. The highest BCUT2D eigenvalue weighted by atomic mass is 16.5. The Kier molecular flexibility index (Phi) is 41.9. The summed E-state index contributed by atoms with van der Waals surface area (Å²) in [5, 5.41) is 64.0. The van der Waals surface area contributed by atoms with Crippen LogP contribution in [0.1, 0.15) is 215 Å². The van der Waals surface area contributed by atoms with E-state index < -0.39 is 0 Å². The van der Waals surface area contributed by atoms with Gasteiger partial charge in [0.05, 0.1) is 19.8 Å². The predicted molar refractivity (Wildman–Crippen MR) is 563 cm³/mol. The van der Waals surface area contributed by atoms with Gasteiger partial charge in [0.2, 0.25) is 0 Å². The van der Waals surface area contributed by atoms with Crippen LogP contribution in [0.4, 0.5) is 69.3 Å². The normalized spacial score (nSPS) is 13.5. The van der Waals surface area contributed by atoms with Crippen molar-refractivity contribution in [2.24, 2.45) is 33.0 Å². The van der Waals surface area contributed by atoms with Crippen molar-refractivity contribution in [3.8, 4) is 48.3 Å². The number of carbonyl (C=O) groups is 4. The molecule has 2 fully saturated rings. The molecule has 2 aliphatic rings. The number of hydrogen-bond donors (Lipinski definition) is 8. The van der Waals surface area contributed by atoms with Gasteiger partial charge in [-0.25, -0.2) is 0 Å². The number of ether oxygens (including phenoxy) is 4. The molecular formula is C105H154N28O8. The molecule has 141 heavy (non-hydrogen) atoms. The molecule has 6 heterocycles. The minimum Gasteiger partial charge on any atom is -0.463 e. The van der Waals surface area contributed by atoms with Crippen LogP contribution in [0.2, 0.25) is 0 Å². The molecule has 0 radical (unpaired) electrons. The fraction of sp³-hybridized carbons (Fsp3) is 0.543. The van der Waals surface area contributed by atoms with Gasteiger partial charge in [0, 0.05) is 172 Å². The lowest BCUT2D eigenvalue weighted by Crippen LogP contribution is -2.36. The van der Waals surface area contributed by atoms with Gasteiger partial charge in [-0.3, -0.25) is 19.2 Å². The Morgan fingerprint density at radius 2 is 0.702 bits per heavy atom. The van der Waals surface area contributed by atoms with E-state index in [9.17, 15) is 40.2 Å². The number of nitrogens with one attached hydrogen (secondary N) is 8. The van der Waals surface area contributed by atoms with Crippen LogP contribution in [0.15, 0.2) is 72.8 Å². The molecule has 36 heteroatoms. The van der Waals surface area contributed by atoms with Gasteiger partial charge in [0.1, 0.15) is 52.6 Å². The molecule has 762 valence electrons. The third kappa shape index (κ3) is 36.0. The maximum atomic E-state index is 12.2. The molecule has 1 atom stereocenters. The molecule has 2 aliphatic heterocycles. The standard InChI is InChI=1S/C27H39N7O2.C27H41N7O2.C26H37N7O2.C25H37N7O2/c1-18-10-11-20(25(35)29-5)13-22(18)30-23-21(14-28)24(34(7)17-27(2,3)4)32-26(31-23)36-16-19-9-8-12-33(6)15-19;1-18-11-12-19(24(35)29-7)13-21(18)30-22-20(14-28)23(34(10)15-26(2,3)4)32-25(31-22)36-17-27(5,6)16-33(8)9;1-17-8-9-18(24(34)28-5)14-21(17)29-22-20(15-27)23(33(7)16-26(2,3)4)31-25(30-22)35-19-10-12-32(6)13-11-19;1-17-10-11-18(23(33)27-5)14-20(17)28-21-19(15-26)22(32(8)16-25(2,3)4)30-24(29-21)34-13-9-12-31(6)7/h10-11,13,19H,8-9,12,15-17H2,1-7H3,(H,29,35)(H,30,31,32);11-13H,15-17H2,1-10H3,(H,29,35)(H,30,31,32);8-9,14,19H,10-13,16H2,1-7H3,(H,28,34)(H,29,30,31);10-11,14H,9,12-13,16H2,1-8H3,(H,27,33)(H,28,29,30). The second-order valence-corrected chi connectivity index (χ2v) is 42.7. The average molecular weight is 1940 g/mol. The largest absolute Gasteiger partial charge is 0.463 e. The summed E-state index contributed by atoms with van der Waals surface area (Å²) in [5.41, 5.74) is 9.54. The fourth-order valence-electron chi connectivity index (χ4n) is 16.2. The van der Waals surface area contributed by atoms with E-state index in [4.69, 9.17) is 18.9 Å². The molecule has 0 aliphatic carbocycles. The molecule has 8 N–H and O–H groups in total. The van der Waals surface area contributed by atoms with Crippen LogP contribution >= 0.6 is 0 Å². The van der Waals surface area contributed by atoms with E-state index in [0.29, 0.717) is 166 Å². The molecule has 10 rings (SSSR count). The van der Waals surface area contributed by atoms with Crippen LogP contribution in [-0.2, 0) is 0 Å². The van der Waals surface area contributed by atoms with Gasteiger partial charge in [-0.15, -0.1) is 0 Å². The first kappa shape index (κ1) is 114. The van der Waals surface area contributed by atoms with Gasteiger partial charge in [-0.2, -0.15) is 60.9 Å². The number of amides is 4. The number of benzene rings is 4. The lowest BCUT2D eigenvalue weighted by atomic mass is 9.94. The third-order valence-corrected chi connectivity index (χ3v) is 22.6. The van der Waals surface area contributed by atoms with Crippen LogP contribution in [0.3, 0.4) is 0 Å². The Balaban J connectivity index is 0.000000255. The average Bonchev–Trinajstić information content (AvgIpc) is 0.803. The summed E-state index contributed by atoms with van der Waals surface area (Å²) in [6, 6.07) is 31.5. The Hall–Kier alpha value is -13.5. The Morgan fingerprint density at radius 1 is 0.397 bits per heavy atom. The molecule has 0 bridgehead atoms. The summed E-state index contributed by atoms with van der Waals surface area (Å²) in [6.45, 7) is 47.4. The molecule has 4 amide bonds. The van der Waals surface area contributed by atoms with Crippen molar-refractivity contribution in [2.45, 2.75) is 163 Å². The highest BCUT2D eigenvalue weighted by molar-refractivity contribution is 5.98. The van der Waals surface area contributed by atoms with Gasteiger partial charge in [0.15, 0.2) is 46.5 Å². The summed E-state index contributed by atoms with van der Waals surface area (Å²) in [6.07, 6.45) is 4.87. The number of nitriles is 4. The molecule has 4 aromatic carbocycles. The van der Waals surface area contributed by atoms with E-state index >= 15 is 0 Å². The molecule has 4 aromatic heterocycles. The van der Waals surface area contributed by atoms with Crippen molar-refractivity contribution in [1.29, 1.82) is 21.0 Å². The number of aryl methyl sites for hydroxylation is 4. The molecule has 8 aromatic rings. The molecular weight excluding hydrogens is 1780 g/mol. The molecule has 1 unspecified atom stereocenters. The smallest absolute Gasteiger partial charge is 0.320 e. The Morgan fingerprint density at radius 3 is 0.993 bits per heavy atom. The van der Waals surface area contributed by atoms with Crippen molar-refractivity contribution in [2.75, 3.05) is 225 Å². The molecule has 0 spiro atoms. The number of likely N-dealkylation sites (tertiary alicyclic amines) is 2. The van der Waals surface area contributed by atoms with E-state index in [2.05, 4.69) is 237 Å². The maximum absolute atomic E-state index is 12.2. The van der Waals surface area contributed by atoms with E-state index in [-0.39, 0.29) is 80.8 Å². The molecule has 36 nitrogen and oxygen atoms in total. The van der Waals surface area contributed by atoms with Crippen LogP contribution in [0.5, 0.6) is 24.0 Å². The van der Waals surface area contributed by atoms with Gasteiger partial charge >= 0.3 is 24.0 Å². The second-order valence-electron chi connectivity index (χ2n) is 42.7. The number of anilines is 12. The van der Waals surface area contributed by atoms with E-state index in [0.717, 1.165) is 93.6 Å². The third-order valence-electron chi connectivity index (χ3n) is 22.6. The lowest BCUT2D eigenvalue weighted by Gasteiger charge is -2.30. The summed E-state index contributed by atoms with van der Waals surface area (Å²) >= 11 is 0. The van der Waals surface area contributed by atoms with E-state index in [1.165, 1.54) is 0 Å². The highest BCUT2D eigenvalue weighted by Crippen LogP contribution is 2.39. The summed E-state index contributed by atoms with van der Waals surface area (Å²) in [4.78, 5) is 102. The van der Waals surface area contributed by atoms with Gasteiger partial charge in [-0.1, -0.05) is 121 Å². The second kappa shape index (κ2) is 51.6. The van der Waals surface area contributed by atoms with Crippen LogP contribution in [0.25, 0.3) is 0 Å². The van der Waals surface area contributed by atoms with Gasteiger partial charge in [-0.05, 0) is 201 Å². The SMILES string of the molecule is CNC(=O)c1ccc(C)c(Nc2nc(OC3CCN(C)CC3)nc(N(C)CC(C)(C)C)c2C#N)c1.CNC(=O)c1ccc(C)c(Nc2nc(OCC(C)(C)CN(C)C)nc(N(C)CC(C)(C)C)c2C#N)c1.CNC(=O)c1ccc(C)c(Nc2nc(OCC3CCCN(C)C3)nc(N(C)CC(C)(C)C)c2C#N)c1.CNC(=O)c1ccc(C)c(Nc2nc(OCCCN(C)C)nc(N(C)CC(C)(C)C)c2C#N)c1. The Bertz CT molecular complexity index is 5760. The zero-order valence-corrected chi connectivity index (χ0v) is 89.5. The first-order valence-corrected chi connectivity index (χ1v) is 47.9. The van der Waals surface area contributed by atoms with Crippen molar-refractivity contribution < 1.29 is 38.1 Å². The van der Waals surface area contributed by atoms with Crippen LogP contribution in [-0.4, -0.2) is 273 Å². The zero-order chi connectivity index (χ0) is 105. The molecule has 0 saturated carbocycles. The number of nitrogens with zero attached hydrogens (tertiary/aromatic N) is 20. The molecule has 2 saturated heterocycles. The summed E-state index contributed by atoms with van der Waals surface area (Å²) in [5.74, 6) is 3.05. The quantitative estimate of drug-likeness (QED) is 0.0171. The zero-order valence-electron chi connectivity index (χ0n) is 89.5. The van der Waals surface area contributed by atoms with Gasteiger partial charge < -0.3 is 101 Å². The number of piperidine rings is 2. The minimum atomic E-state index is -0.195. The predicted octanol–water partition coefficient (Wildman–Crippen LogP) is 15.5. The monoisotopic (exact) mass is 1940 g/mol. The van der Waals surface area contributed by atoms with E-state index in [1.54, 1.807) is 76.7 Å². The first-order valence-electron chi connectivity index (χ1n) is 47.9. The van der Waals surface area contributed by atoms with E-state index in [1.807, 2.05) is 128 Å². The van der Waals surface area contributed by atoms with Crippen molar-refractivity contribution in [1.82, 2.24) is 80.7 Å². The number of carbonyl (C=O) groups excluding carboxylic acids is 4. The van der Waals surface area contributed by atoms with Crippen LogP contribution < -0.4 is 81.1 Å². The fourth-order valence-corrected chi connectivity index (χ4v) is 16.2. The summed E-state index contributed by atoms with van der Waals surface area (Å²) in [7, 11) is 26.3. The topological polar surface area (TPSA) is 426 Å². The van der Waals surface area contributed by atoms with Crippen LogP contribution in [0, 0.1) is 106 Å².